The number of nitrogens with zero attached hydrogens (tertiary/aromatic N) is 1. The van der Waals surface area contributed by atoms with Crippen LogP contribution in [0.1, 0.15) is 27.6 Å². The van der Waals surface area contributed by atoms with Gasteiger partial charge in [0.05, 0.1) is 34.0 Å². The van der Waals surface area contributed by atoms with Crippen molar-refractivity contribution in [2.75, 3.05) is 12.4 Å². The molecule has 0 aromatic heterocycles. The molecule has 2 aromatic carbocycles. The minimum absolute atomic E-state index is 0.106. The Morgan fingerprint density at radius 1 is 1.04 bits per heavy atom. The first-order valence-corrected chi connectivity index (χ1v) is 8.89. The first kappa shape index (κ1) is 19.5. The van der Waals surface area contributed by atoms with Crippen LogP contribution in [0.3, 0.4) is 0 Å². The number of hydrogen-bond acceptors (Lipinski definition) is 4. The van der Waals surface area contributed by atoms with E-state index in [4.69, 9.17) is 39.5 Å². The van der Waals surface area contributed by atoms with Crippen LogP contribution >= 0.6 is 34.8 Å². The lowest BCUT2D eigenvalue weighted by Gasteiger charge is -2.22. The van der Waals surface area contributed by atoms with Crippen molar-refractivity contribution in [1.29, 1.82) is 0 Å². The van der Waals surface area contributed by atoms with E-state index in [9.17, 15) is 14.4 Å². The van der Waals surface area contributed by atoms with E-state index in [1.807, 2.05) is 0 Å². The third-order valence-electron chi connectivity index (χ3n) is 4.14. The molecule has 27 heavy (non-hydrogen) atoms. The van der Waals surface area contributed by atoms with E-state index in [0.29, 0.717) is 16.5 Å². The van der Waals surface area contributed by atoms with Gasteiger partial charge in [-0.3, -0.25) is 19.3 Å². The number of rotatable bonds is 4. The zero-order valence-corrected chi connectivity index (χ0v) is 16.4. The Labute approximate surface area is 169 Å². The van der Waals surface area contributed by atoms with Crippen molar-refractivity contribution in [2.45, 2.75) is 13.0 Å². The molecular formula is C18H13Cl3N2O4. The van der Waals surface area contributed by atoms with Crippen LogP contribution < -0.4 is 10.1 Å². The fourth-order valence-corrected chi connectivity index (χ4v) is 3.24. The van der Waals surface area contributed by atoms with Crippen molar-refractivity contribution in [3.8, 4) is 5.75 Å². The maximum absolute atomic E-state index is 12.6. The molecule has 1 aliphatic rings. The summed E-state index contributed by atoms with van der Waals surface area (Å²) >= 11 is 17.8. The highest BCUT2D eigenvalue weighted by Crippen LogP contribution is 2.33. The van der Waals surface area contributed by atoms with Crippen molar-refractivity contribution < 1.29 is 19.1 Å². The predicted octanol–water partition coefficient (Wildman–Crippen LogP) is 4.28. The molecule has 2 aromatic rings. The molecule has 3 rings (SSSR count). The van der Waals surface area contributed by atoms with Crippen LogP contribution in [0.25, 0.3) is 0 Å². The van der Waals surface area contributed by atoms with Gasteiger partial charge in [-0.05, 0) is 37.3 Å². The van der Waals surface area contributed by atoms with Gasteiger partial charge in [0.2, 0.25) is 5.91 Å². The molecule has 0 radical (unpaired) electrons. The molecule has 0 fully saturated rings. The maximum Gasteiger partial charge on any atom is 0.262 e. The van der Waals surface area contributed by atoms with Crippen molar-refractivity contribution in [1.82, 2.24) is 4.90 Å². The van der Waals surface area contributed by atoms with Gasteiger partial charge in [-0.15, -0.1) is 0 Å². The van der Waals surface area contributed by atoms with Gasteiger partial charge in [-0.25, -0.2) is 0 Å². The minimum atomic E-state index is -1.08. The minimum Gasteiger partial charge on any atom is -0.495 e. The fraction of sp³-hybridized carbons (Fsp3) is 0.167. The Hall–Kier alpha value is -2.28. The molecule has 0 bridgehead atoms. The van der Waals surface area contributed by atoms with E-state index < -0.39 is 23.8 Å². The Morgan fingerprint density at radius 3 is 2.11 bits per heavy atom. The average Bonchev–Trinajstić information content (AvgIpc) is 2.85. The first-order valence-electron chi connectivity index (χ1n) is 7.76. The van der Waals surface area contributed by atoms with E-state index in [0.717, 1.165) is 4.90 Å². The quantitative estimate of drug-likeness (QED) is 0.739. The standard InChI is InChI=1S/C18H13Cl3N2O4/c1-8(16(24)22-14-5-9(19)3-4-15(14)27-2)23-17(25)10-6-12(20)13(21)7-11(10)18(23)26/h3-8H,1-2H3,(H,22,24). The van der Waals surface area contributed by atoms with Gasteiger partial charge in [-0.2, -0.15) is 0 Å². The summed E-state index contributed by atoms with van der Waals surface area (Å²) in [6.07, 6.45) is 0. The highest BCUT2D eigenvalue weighted by atomic mass is 35.5. The normalized spacial score (nSPS) is 14.2. The van der Waals surface area contributed by atoms with E-state index >= 15 is 0 Å². The zero-order valence-electron chi connectivity index (χ0n) is 14.2. The number of halogens is 3. The number of anilines is 1. The number of carbonyl (C=O) groups is 3. The summed E-state index contributed by atoms with van der Waals surface area (Å²) in [6.45, 7) is 1.44. The van der Waals surface area contributed by atoms with Crippen LogP contribution in [0, 0.1) is 0 Å². The molecule has 1 unspecified atom stereocenters. The molecule has 1 aliphatic heterocycles. The van der Waals surface area contributed by atoms with Crippen molar-refractivity contribution in [3.05, 3.63) is 56.5 Å². The van der Waals surface area contributed by atoms with Crippen LogP contribution in [0.4, 0.5) is 5.69 Å². The smallest absolute Gasteiger partial charge is 0.262 e. The molecule has 3 amide bonds. The molecule has 6 nitrogen and oxygen atoms in total. The summed E-state index contributed by atoms with van der Waals surface area (Å²) in [5, 5.41) is 3.32. The molecular weight excluding hydrogens is 415 g/mol. The number of amides is 3. The molecule has 9 heteroatoms. The Bertz CT molecular complexity index is 936. The van der Waals surface area contributed by atoms with Gasteiger partial charge < -0.3 is 10.1 Å². The van der Waals surface area contributed by atoms with Gasteiger partial charge >= 0.3 is 0 Å². The van der Waals surface area contributed by atoms with E-state index in [1.54, 1.807) is 12.1 Å². The first-order chi connectivity index (χ1) is 12.7. The van der Waals surface area contributed by atoms with Gasteiger partial charge in [0.1, 0.15) is 11.8 Å². The van der Waals surface area contributed by atoms with Crippen LogP contribution in [0.2, 0.25) is 15.1 Å². The number of imide groups is 1. The fourth-order valence-electron chi connectivity index (χ4n) is 2.74. The van der Waals surface area contributed by atoms with Gasteiger partial charge in [-0.1, -0.05) is 34.8 Å². The zero-order chi connectivity index (χ0) is 19.9. The summed E-state index contributed by atoms with van der Waals surface area (Å²) in [4.78, 5) is 38.8. The van der Waals surface area contributed by atoms with Gasteiger partial charge in [0, 0.05) is 5.02 Å². The van der Waals surface area contributed by atoms with Crippen molar-refractivity contribution >= 4 is 58.2 Å². The number of methoxy groups -OCH3 is 1. The number of nitrogens with one attached hydrogen (secondary N) is 1. The van der Waals surface area contributed by atoms with Crippen LogP contribution in [-0.4, -0.2) is 35.8 Å². The molecule has 1 N–H and O–H groups in total. The van der Waals surface area contributed by atoms with Crippen LogP contribution in [-0.2, 0) is 4.79 Å². The van der Waals surface area contributed by atoms with E-state index in [-0.39, 0.29) is 21.2 Å². The second kappa shape index (κ2) is 7.38. The van der Waals surface area contributed by atoms with Crippen LogP contribution in [0.5, 0.6) is 5.75 Å². The number of benzene rings is 2. The third kappa shape index (κ3) is 3.48. The Balaban J connectivity index is 1.87. The maximum atomic E-state index is 12.6. The molecule has 1 heterocycles. The van der Waals surface area contributed by atoms with Crippen molar-refractivity contribution in [3.63, 3.8) is 0 Å². The third-order valence-corrected chi connectivity index (χ3v) is 5.10. The lowest BCUT2D eigenvalue weighted by atomic mass is 10.1. The number of ether oxygens (including phenoxy) is 1. The summed E-state index contributed by atoms with van der Waals surface area (Å²) in [6, 6.07) is 6.27. The molecule has 1 atom stereocenters. The molecule has 0 saturated carbocycles. The molecule has 0 saturated heterocycles. The average molecular weight is 428 g/mol. The largest absolute Gasteiger partial charge is 0.495 e. The van der Waals surface area contributed by atoms with Gasteiger partial charge in [0.25, 0.3) is 11.8 Å². The SMILES string of the molecule is COc1ccc(Cl)cc1NC(=O)C(C)N1C(=O)c2cc(Cl)c(Cl)cc2C1=O. The monoisotopic (exact) mass is 426 g/mol. The highest BCUT2D eigenvalue weighted by Gasteiger charge is 2.41. The second-order valence-electron chi connectivity index (χ2n) is 5.80. The molecule has 0 spiro atoms. The van der Waals surface area contributed by atoms with Gasteiger partial charge in [0.15, 0.2) is 0 Å². The summed E-state index contributed by atoms with van der Waals surface area (Å²) in [5.41, 5.74) is 0.535. The number of hydrogen-bond donors (Lipinski definition) is 1. The van der Waals surface area contributed by atoms with Crippen LogP contribution in [0.15, 0.2) is 30.3 Å². The van der Waals surface area contributed by atoms with Crippen molar-refractivity contribution in [2.24, 2.45) is 0 Å². The van der Waals surface area contributed by atoms with E-state index in [1.165, 1.54) is 32.2 Å². The molecule has 0 aliphatic carbocycles. The number of fused-ring (bicyclic) bond motifs is 1. The summed E-state index contributed by atoms with van der Waals surface area (Å²) in [5.74, 6) is -1.42. The topological polar surface area (TPSA) is 75.7 Å². The number of carbonyl (C=O) groups excluding carboxylic acids is 3. The lowest BCUT2D eigenvalue weighted by molar-refractivity contribution is -0.119. The molecule has 140 valence electrons. The highest BCUT2D eigenvalue weighted by molar-refractivity contribution is 6.43. The Kier molecular flexibility index (Phi) is 5.33. The summed E-state index contributed by atoms with van der Waals surface area (Å²) in [7, 11) is 1.44. The second-order valence-corrected chi connectivity index (χ2v) is 7.05. The Morgan fingerprint density at radius 2 is 1.59 bits per heavy atom. The van der Waals surface area contributed by atoms with E-state index in [2.05, 4.69) is 5.32 Å². The predicted molar refractivity (Wildman–Crippen MR) is 103 cm³/mol. The lowest BCUT2D eigenvalue weighted by Crippen LogP contribution is -2.45. The summed E-state index contributed by atoms with van der Waals surface area (Å²) < 4.78 is 5.18.